The summed E-state index contributed by atoms with van der Waals surface area (Å²) in [5.74, 6) is -0.357. The maximum Gasteiger partial charge on any atom is 0.201 e. The highest BCUT2D eigenvalue weighted by atomic mass is 19.1. The summed E-state index contributed by atoms with van der Waals surface area (Å²) in [4.78, 5) is 9.87. The number of aliphatic hydroxyl groups excluding tert-OH is 1. The molecule has 0 aliphatic carbocycles. The molecule has 6 nitrogen and oxygen atoms in total. The number of hydrogen-bond acceptors (Lipinski definition) is 6. The minimum absolute atomic E-state index is 0.256. The first-order chi connectivity index (χ1) is 13.1. The van der Waals surface area contributed by atoms with Gasteiger partial charge in [0.1, 0.15) is 11.9 Å². The molecule has 0 saturated carbocycles. The van der Waals surface area contributed by atoms with Gasteiger partial charge >= 0.3 is 0 Å². The molecule has 8 heteroatoms. The van der Waals surface area contributed by atoms with E-state index in [-0.39, 0.29) is 11.9 Å². The molecule has 140 valence electrons. The maximum absolute atomic E-state index is 14.1. The first kappa shape index (κ1) is 17.6. The van der Waals surface area contributed by atoms with E-state index in [1.165, 1.54) is 30.5 Å². The predicted octanol–water partition coefficient (Wildman–Crippen LogP) is 2.05. The lowest BCUT2D eigenvalue weighted by Gasteiger charge is -2.37. The van der Waals surface area contributed by atoms with Crippen LogP contribution in [-0.4, -0.2) is 46.9 Å². The largest absolute Gasteiger partial charge is 0.370 e. The summed E-state index contributed by atoms with van der Waals surface area (Å²) < 4.78 is 33.0. The molecular weight excluding hydrogens is 354 g/mol. The number of ether oxygens (including phenoxy) is 1. The zero-order chi connectivity index (χ0) is 18.8. The van der Waals surface area contributed by atoms with Crippen LogP contribution in [-0.2, 0) is 4.74 Å². The van der Waals surface area contributed by atoms with E-state index in [1.54, 1.807) is 12.1 Å². The SMILES string of the molecule is OC1C=C(c2ccncc2F)NC(N2CCO[C@@H](c3ccc(F)cc3)C2)=N1. The van der Waals surface area contributed by atoms with Gasteiger partial charge in [0.25, 0.3) is 0 Å². The van der Waals surface area contributed by atoms with Gasteiger partial charge in [-0.1, -0.05) is 12.1 Å². The minimum Gasteiger partial charge on any atom is -0.370 e. The fraction of sp³-hybridized carbons (Fsp3) is 0.263. The fourth-order valence-electron chi connectivity index (χ4n) is 3.14. The Morgan fingerprint density at radius 1 is 1.19 bits per heavy atom. The van der Waals surface area contributed by atoms with Gasteiger partial charge in [-0.2, -0.15) is 0 Å². The zero-order valence-corrected chi connectivity index (χ0v) is 14.3. The van der Waals surface area contributed by atoms with Crippen LogP contribution >= 0.6 is 0 Å². The molecule has 1 saturated heterocycles. The fourth-order valence-corrected chi connectivity index (χ4v) is 3.14. The Bertz CT molecular complexity index is 886. The summed E-state index contributed by atoms with van der Waals surface area (Å²) in [6.45, 7) is 1.47. The van der Waals surface area contributed by atoms with Crippen molar-refractivity contribution in [2.24, 2.45) is 4.99 Å². The molecule has 1 aromatic heterocycles. The van der Waals surface area contributed by atoms with Gasteiger partial charge in [-0.3, -0.25) is 4.98 Å². The third-order valence-corrected chi connectivity index (χ3v) is 4.49. The van der Waals surface area contributed by atoms with Crippen molar-refractivity contribution in [2.45, 2.75) is 12.3 Å². The van der Waals surface area contributed by atoms with Gasteiger partial charge < -0.3 is 20.1 Å². The van der Waals surface area contributed by atoms with Crippen molar-refractivity contribution in [3.63, 3.8) is 0 Å². The Morgan fingerprint density at radius 2 is 2.00 bits per heavy atom. The quantitative estimate of drug-likeness (QED) is 0.845. The van der Waals surface area contributed by atoms with Crippen LogP contribution in [0.2, 0.25) is 0 Å². The molecule has 2 aliphatic heterocycles. The van der Waals surface area contributed by atoms with Crippen LogP contribution in [0.3, 0.4) is 0 Å². The van der Waals surface area contributed by atoms with E-state index < -0.39 is 12.0 Å². The first-order valence-corrected chi connectivity index (χ1v) is 8.57. The van der Waals surface area contributed by atoms with Crippen LogP contribution in [0.4, 0.5) is 8.78 Å². The number of guanidine groups is 1. The van der Waals surface area contributed by atoms with Crippen molar-refractivity contribution in [3.8, 4) is 0 Å². The van der Waals surface area contributed by atoms with Gasteiger partial charge in [-0.15, -0.1) is 0 Å². The number of rotatable bonds is 2. The normalized spacial score (nSPS) is 22.7. The minimum atomic E-state index is -1.09. The summed E-state index contributed by atoms with van der Waals surface area (Å²) in [6.07, 6.45) is 2.70. The van der Waals surface area contributed by atoms with E-state index in [4.69, 9.17) is 4.74 Å². The van der Waals surface area contributed by atoms with Crippen LogP contribution in [0, 0.1) is 11.6 Å². The summed E-state index contributed by atoms with van der Waals surface area (Å²) in [5.41, 5.74) is 1.59. The number of aromatic nitrogens is 1. The molecule has 1 aromatic carbocycles. The van der Waals surface area contributed by atoms with Gasteiger partial charge in [-0.05, 0) is 29.8 Å². The molecule has 1 fully saturated rings. The third-order valence-electron chi connectivity index (χ3n) is 4.49. The molecule has 3 heterocycles. The predicted molar refractivity (Wildman–Crippen MR) is 95.4 cm³/mol. The second-order valence-electron chi connectivity index (χ2n) is 6.28. The van der Waals surface area contributed by atoms with Crippen molar-refractivity contribution in [1.29, 1.82) is 0 Å². The van der Waals surface area contributed by atoms with E-state index in [9.17, 15) is 13.9 Å². The molecule has 27 heavy (non-hydrogen) atoms. The molecule has 1 unspecified atom stereocenters. The highest BCUT2D eigenvalue weighted by molar-refractivity contribution is 5.91. The molecule has 0 bridgehead atoms. The number of pyridine rings is 1. The second-order valence-corrected chi connectivity index (χ2v) is 6.28. The number of aliphatic imine (C=N–C) groups is 1. The topological polar surface area (TPSA) is 70.0 Å². The van der Waals surface area contributed by atoms with Gasteiger partial charge in [0.05, 0.1) is 25.0 Å². The van der Waals surface area contributed by atoms with E-state index in [0.29, 0.717) is 36.9 Å². The lowest BCUT2D eigenvalue weighted by atomic mass is 10.1. The van der Waals surface area contributed by atoms with Crippen LogP contribution < -0.4 is 5.32 Å². The molecule has 2 atom stereocenters. The summed E-state index contributed by atoms with van der Waals surface area (Å²) in [5, 5.41) is 13.2. The number of aliphatic hydroxyl groups is 1. The number of nitrogens with one attached hydrogen (secondary N) is 1. The van der Waals surface area contributed by atoms with Crippen LogP contribution in [0.1, 0.15) is 17.2 Å². The van der Waals surface area contributed by atoms with Gasteiger partial charge in [0.15, 0.2) is 12.0 Å². The van der Waals surface area contributed by atoms with Gasteiger partial charge in [0, 0.05) is 18.3 Å². The van der Waals surface area contributed by atoms with E-state index in [1.807, 2.05) is 4.90 Å². The summed E-state index contributed by atoms with van der Waals surface area (Å²) in [7, 11) is 0. The Kier molecular flexibility index (Phi) is 4.83. The lowest BCUT2D eigenvalue weighted by molar-refractivity contribution is -0.00819. The number of hydrogen-bond donors (Lipinski definition) is 2. The van der Waals surface area contributed by atoms with Crippen molar-refractivity contribution in [3.05, 3.63) is 71.6 Å². The van der Waals surface area contributed by atoms with E-state index >= 15 is 0 Å². The molecule has 2 aromatic rings. The van der Waals surface area contributed by atoms with Gasteiger partial charge in [0.2, 0.25) is 5.96 Å². The number of morpholine rings is 1. The highest BCUT2D eigenvalue weighted by Gasteiger charge is 2.27. The summed E-state index contributed by atoms with van der Waals surface area (Å²) >= 11 is 0. The maximum atomic E-state index is 14.1. The van der Waals surface area contributed by atoms with E-state index in [0.717, 1.165) is 11.8 Å². The van der Waals surface area contributed by atoms with Crippen molar-refractivity contribution < 1.29 is 18.6 Å². The standard InChI is InChI=1S/C19H18F2N4O2/c20-13-3-1-12(2-4-13)17-11-25(7-8-27-17)19-23-16(9-18(26)24-19)14-5-6-22-10-15(14)21/h1-6,9-10,17-18,26H,7-8,11H2,(H,23,24)/t17-,18?/m1/s1. The first-order valence-electron chi connectivity index (χ1n) is 8.57. The second kappa shape index (κ2) is 7.42. The molecular formula is C19H18F2N4O2. The molecule has 0 radical (unpaired) electrons. The van der Waals surface area contributed by atoms with Crippen molar-refractivity contribution in [2.75, 3.05) is 19.7 Å². The summed E-state index contributed by atoms with van der Waals surface area (Å²) in [6, 6.07) is 7.69. The average molecular weight is 372 g/mol. The molecule has 2 N–H and O–H groups in total. The molecule has 2 aliphatic rings. The zero-order valence-electron chi connectivity index (χ0n) is 14.3. The number of benzene rings is 1. The van der Waals surface area contributed by atoms with Crippen molar-refractivity contribution in [1.82, 2.24) is 15.2 Å². The van der Waals surface area contributed by atoms with Gasteiger partial charge in [-0.25, -0.2) is 13.8 Å². The number of nitrogens with zero attached hydrogens (tertiary/aromatic N) is 3. The Hall–Kier alpha value is -2.84. The Morgan fingerprint density at radius 3 is 2.78 bits per heavy atom. The molecule has 0 amide bonds. The Balaban J connectivity index is 1.52. The third kappa shape index (κ3) is 3.81. The molecule has 0 spiro atoms. The van der Waals surface area contributed by atoms with Crippen LogP contribution in [0.5, 0.6) is 0 Å². The average Bonchev–Trinajstić information content (AvgIpc) is 2.68. The van der Waals surface area contributed by atoms with Crippen molar-refractivity contribution >= 4 is 11.7 Å². The van der Waals surface area contributed by atoms with E-state index in [2.05, 4.69) is 15.3 Å². The monoisotopic (exact) mass is 372 g/mol. The smallest absolute Gasteiger partial charge is 0.201 e. The molecule has 4 rings (SSSR count). The Labute approximate surface area is 154 Å². The number of halogens is 2. The highest BCUT2D eigenvalue weighted by Crippen LogP contribution is 2.24. The van der Waals surface area contributed by atoms with Crippen LogP contribution in [0.25, 0.3) is 5.70 Å². The van der Waals surface area contributed by atoms with Crippen LogP contribution in [0.15, 0.2) is 53.8 Å². The lowest BCUT2D eigenvalue weighted by Crippen LogP contribution is -2.49.